The largest absolute Gasteiger partial charge is 0.325 e. The van der Waals surface area contributed by atoms with Gasteiger partial charge in [0.05, 0.1) is 22.3 Å². The quantitative estimate of drug-likeness (QED) is 0.502. The predicted molar refractivity (Wildman–Crippen MR) is 93.5 cm³/mol. The second-order valence-corrected chi connectivity index (χ2v) is 6.37. The van der Waals surface area contributed by atoms with Gasteiger partial charge in [-0.15, -0.1) is 10.2 Å². The summed E-state index contributed by atoms with van der Waals surface area (Å²) in [5, 5.41) is 12.7. The summed E-state index contributed by atoms with van der Waals surface area (Å²) in [6, 6.07) is 3.94. The smallest absolute Gasteiger partial charge is 0.169 e. The number of halogens is 4. The maximum absolute atomic E-state index is 13.3. The lowest BCUT2D eigenvalue weighted by atomic mass is 10.1. The highest BCUT2D eigenvalue weighted by molar-refractivity contribution is 6.40. The van der Waals surface area contributed by atoms with Crippen LogP contribution in [-0.4, -0.2) is 29.8 Å². The molecule has 0 saturated carbocycles. The second kappa shape index (κ2) is 5.94. The van der Waals surface area contributed by atoms with Crippen molar-refractivity contribution in [2.75, 3.05) is 0 Å². The average molecular weight is 398 g/mol. The number of rotatable bonds is 2. The van der Waals surface area contributed by atoms with E-state index in [1.54, 1.807) is 13.1 Å². The van der Waals surface area contributed by atoms with Crippen molar-refractivity contribution in [2.24, 2.45) is 0 Å². The fraction of sp³-hybridized carbons (Fsp3) is 0.0667. The van der Waals surface area contributed by atoms with E-state index in [9.17, 15) is 4.39 Å². The molecule has 0 bridgehead atoms. The van der Waals surface area contributed by atoms with Crippen LogP contribution in [-0.2, 0) is 0 Å². The summed E-state index contributed by atoms with van der Waals surface area (Å²) in [6.45, 7) is 1.78. The molecule has 126 valence electrons. The summed E-state index contributed by atoms with van der Waals surface area (Å²) in [7, 11) is 0. The molecule has 25 heavy (non-hydrogen) atoms. The van der Waals surface area contributed by atoms with Gasteiger partial charge in [0.25, 0.3) is 0 Å². The van der Waals surface area contributed by atoms with Gasteiger partial charge in [-0.2, -0.15) is 5.10 Å². The van der Waals surface area contributed by atoms with Crippen molar-refractivity contribution >= 4 is 40.4 Å². The van der Waals surface area contributed by atoms with Crippen LogP contribution in [0.3, 0.4) is 0 Å². The lowest BCUT2D eigenvalue weighted by Gasteiger charge is -2.10. The van der Waals surface area contributed by atoms with Gasteiger partial charge in [-0.3, -0.25) is 0 Å². The summed E-state index contributed by atoms with van der Waals surface area (Å²) < 4.78 is 14.7. The third kappa shape index (κ3) is 2.64. The first-order chi connectivity index (χ1) is 12.0. The van der Waals surface area contributed by atoms with E-state index < -0.39 is 5.82 Å². The third-order valence-corrected chi connectivity index (χ3v) is 4.54. The van der Waals surface area contributed by atoms with Crippen LogP contribution in [0.1, 0.15) is 5.82 Å². The zero-order chi connectivity index (χ0) is 17.7. The van der Waals surface area contributed by atoms with Crippen molar-refractivity contribution in [3.8, 4) is 22.5 Å². The second-order valence-electron chi connectivity index (χ2n) is 5.25. The molecular weight excluding hydrogens is 390 g/mol. The van der Waals surface area contributed by atoms with E-state index in [0.717, 1.165) is 0 Å². The van der Waals surface area contributed by atoms with Crippen LogP contribution in [0.25, 0.3) is 28.2 Å². The molecule has 0 aliphatic rings. The van der Waals surface area contributed by atoms with E-state index in [-0.39, 0.29) is 15.3 Å². The Morgan fingerprint density at radius 3 is 2.60 bits per heavy atom. The number of nitrogens with one attached hydrogen (secondary N) is 1. The number of aromatic nitrogens is 6. The number of H-pyrrole nitrogens is 1. The Morgan fingerprint density at radius 1 is 1.12 bits per heavy atom. The van der Waals surface area contributed by atoms with Gasteiger partial charge in [-0.25, -0.2) is 13.9 Å². The van der Waals surface area contributed by atoms with Gasteiger partial charge >= 0.3 is 0 Å². The molecule has 10 heteroatoms. The molecule has 3 aromatic heterocycles. The van der Waals surface area contributed by atoms with Gasteiger partial charge in [-0.1, -0.05) is 34.8 Å². The van der Waals surface area contributed by atoms with E-state index in [2.05, 4.69) is 25.3 Å². The minimum Gasteiger partial charge on any atom is -0.325 e. The maximum atomic E-state index is 13.3. The Morgan fingerprint density at radius 2 is 1.92 bits per heavy atom. The Balaban J connectivity index is 1.97. The number of hydrogen-bond donors (Lipinski definition) is 1. The minimum atomic E-state index is -0.461. The summed E-state index contributed by atoms with van der Waals surface area (Å²) in [6.07, 6.45) is 1.56. The zero-order valence-corrected chi connectivity index (χ0v) is 14.8. The molecule has 6 nitrogen and oxygen atoms in total. The number of nitrogens with zero attached hydrogens (tertiary/aromatic N) is 5. The van der Waals surface area contributed by atoms with E-state index in [0.29, 0.717) is 34.0 Å². The lowest BCUT2D eigenvalue weighted by Crippen LogP contribution is -1.98. The molecule has 3 heterocycles. The molecule has 4 rings (SSSR count). The van der Waals surface area contributed by atoms with Crippen molar-refractivity contribution in [3.63, 3.8) is 0 Å². The minimum absolute atomic E-state index is 0.115. The number of aromatic amines is 1. The zero-order valence-electron chi connectivity index (χ0n) is 12.6. The van der Waals surface area contributed by atoms with E-state index in [1.165, 1.54) is 22.7 Å². The molecule has 0 radical (unpaired) electrons. The fourth-order valence-corrected chi connectivity index (χ4v) is 3.38. The topological polar surface area (TPSA) is 71.8 Å². The molecule has 0 unspecified atom stereocenters. The molecule has 0 aliphatic carbocycles. The Kier molecular flexibility index (Phi) is 3.87. The standard InChI is InChI=1S/C15H8Cl3FN6/c1-6-21-14(24-23-6)9-5-20-25-13(18)11(12(17)22-15(9)25)8-3-2-7(19)4-10(8)16/h2-5H,1H3,(H,21,23,24). The molecule has 0 atom stereocenters. The van der Waals surface area contributed by atoms with Crippen molar-refractivity contribution < 1.29 is 4.39 Å². The summed E-state index contributed by atoms with van der Waals surface area (Å²) in [4.78, 5) is 7.37. The van der Waals surface area contributed by atoms with Crippen LogP contribution in [0.4, 0.5) is 4.39 Å². The normalized spacial score (nSPS) is 11.4. The van der Waals surface area contributed by atoms with Crippen LogP contribution in [0.15, 0.2) is 24.4 Å². The molecular formula is C15H8Cl3FN6. The van der Waals surface area contributed by atoms with Crippen LogP contribution >= 0.6 is 34.8 Å². The summed E-state index contributed by atoms with van der Waals surface area (Å²) in [5.41, 5.74) is 1.83. The molecule has 1 N–H and O–H groups in total. The van der Waals surface area contributed by atoms with Gasteiger partial charge in [0.15, 0.2) is 11.5 Å². The van der Waals surface area contributed by atoms with E-state index in [4.69, 9.17) is 34.8 Å². The molecule has 0 amide bonds. The van der Waals surface area contributed by atoms with Gasteiger partial charge in [-0.05, 0) is 25.1 Å². The van der Waals surface area contributed by atoms with Crippen molar-refractivity contribution in [1.29, 1.82) is 0 Å². The van der Waals surface area contributed by atoms with Crippen LogP contribution in [0.2, 0.25) is 15.3 Å². The molecule has 1 aromatic carbocycles. The van der Waals surface area contributed by atoms with Crippen LogP contribution in [0, 0.1) is 12.7 Å². The number of hydrogen-bond acceptors (Lipinski definition) is 4. The summed E-state index contributed by atoms with van der Waals surface area (Å²) in [5.74, 6) is 0.693. The Bertz CT molecular complexity index is 1120. The van der Waals surface area contributed by atoms with Crippen molar-refractivity contribution in [2.45, 2.75) is 6.92 Å². The van der Waals surface area contributed by atoms with Crippen molar-refractivity contribution in [3.05, 3.63) is 51.4 Å². The Labute approximate surface area is 155 Å². The summed E-state index contributed by atoms with van der Waals surface area (Å²) >= 11 is 18.9. The van der Waals surface area contributed by atoms with Gasteiger partial charge < -0.3 is 4.98 Å². The lowest BCUT2D eigenvalue weighted by molar-refractivity contribution is 0.628. The maximum Gasteiger partial charge on any atom is 0.169 e. The highest BCUT2D eigenvalue weighted by Crippen LogP contribution is 2.39. The number of benzene rings is 1. The molecule has 0 spiro atoms. The van der Waals surface area contributed by atoms with Gasteiger partial charge in [0.1, 0.15) is 21.9 Å². The molecule has 0 saturated heterocycles. The highest BCUT2D eigenvalue weighted by atomic mass is 35.5. The van der Waals surface area contributed by atoms with Gasteiger partial charge in [0.2, 0.25) is 0 Å². The Hall–Kier alpha value is -2.22. The van der Waals surface area contributed by atoms with E-state index >= 15 is 0 Å². The number of aryl methyl sites for hydroxylation is 1. The van der Waals surface area contributed by atoms with Crippen molar-refractivity contribution in [1.82, 2.24) is 29.8 Å². The first-order valence-corrected chi connectivity index (χ1v) is 8.17. The molecule has 4 aromatic rings. The fourth-order valence-electron chi connectivity index (χ4n) is 2.48. The monoisotopic (exact) mass is 396 g/mol. The number of fused-ring (bicyclic) bond motifs is 1. The first-order valence-electron chi connectivity index (χ1n) is 7.03. The highest BCUT2D eigenvalue weighted by Gasteiger charge is 2.21. The first kappa shape index (κ1) is 16.3. The third-order valence-electron chi connectivity index (χ3n) is 3.60. The van der Waals surface area contributed by atoms with Crippen LogP contribution in [0.5, 0.6) is 0 Å². The van der Waals surface area contributed by atoms with Gasteiger partial charge in [0, 0.05) is 5.56 Å². The molecule has 0 fully saturated rings. The molecule has 0 aliphatic heterocycles. The SMILES string of the molecule is Cc1nnc(-c2cnn3c(Cl)c(-c4ccc(F)cc4Cl)c(Cl)nc23)[nH]1. The van der Waals surface area contributed by atoms with Crippen LogP contribution < -0.4 is 0 Å². The van der Waals surface area contributed by atoms with E-state index in [1.807, 2.05) is 0 Å². The predicted octanol–water partition coefficient (Wildman–Crippen LogP) is 4.59. The average Bonchev–Trinajstić information content (AvgIpc) is 3.15.